The van der Waals surface area contributed by atoms with Crippen molar-refractivity contribution >= 4 is 0 Å². The Morgan fingerprint density at radius 3 is 2.00 bits per heavy atom. The second-order valence-corrected chi connectivity index (χ2v) is 2.38. The van der Waals surface area contributed by atoms with Gasteiger partial charge in [0.05, 0.1) is 0 Å². The van der Waals surface area contributed by atoms with E-state index in [-0.39, 0.29) is 6.08 Å². The number of halogens is 6. The highest BCUT2D eigenvalue weighted by Gasteiger charge is 2.51. The molecule has 0 N–H and O–H groups in total. The lowest BCUT2D eigenvalue weighted by atomic mass is 10.1. The SMILES string of the molecule is C=CC(F)C(F)(F)C(F)C(F)CF. The van der Waals surface area contributed by atoms with Crippen molar-refractivity contribution in [2.24, 2.45) is 0 Å². The fraction of sp³-hybridized carbons (Fsp3) is 0.714. The highest BCUT2D eigenvalue weighted by atomic mass is 19.3. The Morgan fingerprint density at radius 1 is 1.23 bits per heavy atom. The molecule has 78 valence electrons. The van der Waals surface area contributed by atoms with Crippen molar-refractivity contribution in [3.8, 4) is 0 Å². The molecular formula is C7H8F6. The van der Waals surface area contributed by atoms with Crippen LogP contribution >= 0.6 is 0 Å². The summed E-state index contributed by atoms with van der Waals surface area (Å²) in [5, 5.41) is 0. The van der Waals surface area contributed by atoms with Crippen LogP contribution in [0.4, 0.5) is 26.3 Å². The minimum atomic E-state index is -4.58. The van der Waals surface area contributed by atoms with Gasteiger partial charge in [0.25, 0.3) is 0 Å². The number of rotatable bonds is 5. The van der Waals surface area contributed by atoms with Crippen molar-refractivity contribution < 1.29 is 26.3 Å². The van der Waals surface area contributed by atoms with Crippen LogP contribution in [0, 0.1) is 0 Å². The van der Waals surface area contributed by atoms with Gasteiger partial charge in [0, 0.05) is 0 Å². The number of hydrogen-bond acceptors (Lipinski definition) is 0. The zero-order valence-electron chi connectivity index (χ0n) is 6.49. The maximum absolute atomic E-state index is 12.4. The molecule has 0 radical (unpaired) electrons. The molecular weight excluding hydrogens is 198 g/mol. The molecule has 0 heterocycles. The van der Waals surface area contributed by atoms with E-state index in [1.54, 1.807) is 0 Å². The molecule has 0 aromatic carbocycles. The second kappa shape index (κ2) is 4.53. The highest BCUT2D eigenvalue weighted by Crippen LogP contribution is 2.31. The van der Waals surface area contributed by atoms with Crippen LogP contribution in [0.5, 0.6) is 0 Å². The minimum absolute atomic E-state index is 0.136. The lowest BCUT2D eigenvalue weighted by molar-refractivity contribution is -0.135. The highest BCUT2D eigenvalue weighted by molar-refractivity contribution is 4.97. The monoisotopic (exact) mass is 206 g/mol. The normalized spacial score (nSPS) is 19.2. The van der Waals surface area contributed by atoms with Gasteiger partial charge in [0.15, 0.2) is 12.3 Å². The predicted octanol–water partition coefficient (Wildman–Crippen LogP) is 2.79. The van der Waals surface area contributed by atoms with E-state index in [1.807, 2.05) is 0 Å². The molecule has 6 heteroatoms. The first-order chi connectivity index (χ1) is 5.87. The van der Waals surface area contributed by atoms with Crippen LogP contribution in [0.2, 0.25) is 0 Å². The van der Waals surface area contributed by atoms with Crippen LogP contribution in [-0.4, -0.2) is 31.1 Å². The van der Waals surface area contributed by atoms with Gasteiger partial charge in [0.2, 0.25) is 6.17 Å². The molecule has 0 aliphatic heterocycles. The molecule has 3 unspecified atom stereocenters. The fourth-order valence-corrected chi connectivity index (χ4v) is 0.629. The molecule has 0 aliphatic rings. The van der Waals surface area contributed by atoms with E-state index in [0.717, 1.165) is 0 Å². The Morgan fingerprint density at radius 2 is 1.69 bits per heavy atom. The van der Waals surface area contributed by atoms with E-state index in [0.29, 0.717) is 0 Å². The Labute approximate surface area is 71.2 Å². The lowest BCUT2D eigenvalue weighted by Gasteiger charge is -2.23. The summed E-state index contributed by atoms with van der Waals surface area (Å²) in [6.07, 6.45) is -9.40. The number of allylic oxidation sites excluding steroid dienone is 1. The largest absolute Gasteiger partial charge is 0.315 e. The van der Waals surface area contributed by atoms with Gasteiger partial charge in [0.1, 0.15) is 6.67 Å². The number of hydrogen-bond donors (Lipinski definition) is 0. The molecule has 0 aromatic heterocycles. The summed E-state index contributed by atoms with van der Waals surface area (Å²) in [7, 11) is 0. The maximum atomic E-state index is 12.4. The Balaban J connectivity index is 4.51. The van der Waals surface area contributed by atoms with Crippen LogP contribution in [-0.2, 0) is 0 Å². The van der Waals surface area contributed by atoms with Gasteiger partial charge in [-0.25, -0.2) is 17.6 Å². The molecule has 0 nitrogen and oxygen atoms in total. The molecule has 0 saturated heterocycles. The third-order valence-corrected chi connectivity index (χ3v) is 1.41. The smallest absolute Gasteiger partial charge is 0.248 e. The molecule has 0 aromatic rings. The fourth-order valence-electron chi connectivity index (χ4n) is 0.629. The molecule has 0 spiro atoms. The average Bonchev–Trinajstić information content (AvgIpc) is 2.13. The Bertz CT molecular complexity index is 168. The molecule has 0 aliphatic carbocycles. The van der Waals surface area contributed by atoms with Crippen molar-refractivity contribution in [3.63, 3.8) is 0 Å². The van der Waals surface area contributed by atoms with Gasteiger partial charge in [-0.15, -0.1) is 0 Å². The van der Waals surface area contributed by atoms with Crippen LogP contribution in [0.15, 0.2) is 12.7 Å². The summed E-state index contributed by atoms with van der Waals surface area (Å²) in [6.45, 7) is 0.741. The third kappa shape index (κ3) is 2.63. The first-order valence-corrected chi connectivity index (χ1v) is 3.36. The summed E-state index contributed by atoms with van der Waals surface area (Å²) < 4.78 is 73.0. The second-order valence-electron chi connectivity index (χ2n) is 2.38. The summed E-state index contributed by atoms with van der Waals surface area (Å²) in [5.41, 5.74) is 0. The van der Waals surface area contributed by atoms with Crippen LogP contribution in [0.3, 0.4) is 0 Å². The van der Waals surface area contributed by atoms with Crippen LogP contribution in [0.25, 0.3) is 0 Å². The van der Waals surface area contributed by atoms with E-state index >= 15 is 0 Å². The molecule has 0 saturated carbocycles. The molecule has 0 amide bonds. The first-order valence-electron chi connectivity index (χ1n) is 3.36. The molecule has 0 bridgehead atoms. The van der Waals surface area contributed by atoms with Gasteiger partial charge >= 0.3 is 5.92 Å². The number of alkyl halides is 6. The minimum Gasteiger partial charge on any atom is -0.248 e. The predicted molar refractivity (Wildman–Crippen MR) is 35.8 cm³/mol. The van der Waals surface area contributed by atoms with Crippen molar-refractivity contribution in [1.82, 2.24) is 0 Å². The van der Waals surface area contributed by atoms with Crippen molar-refractivity contribution in [3.05, 3.63) is 12.7 Å². The molecule has 0 rings (SSSR count). The standard InChI is InChI=1S/C7H8F6/c1-2-5(10)7(12,13)6(11)4(9)3-8/h2,4-6H,1,3H2. The van der Waals surface area contributed by atoms with Gasteiger partial charge in [-0.3, -0.25) is 0 Å². The Hall–Kier alpha value is -0.680. The average molecular weight is 206 g/mol. The molecule has 13 heavy (non-hydrogen) atoms. The first kappa shape index (κ1) is 12.3. The van der Waals surface area contributed by atoms with Crippen molar-refractivity contribution in [2.45, 2.75) is 24.4 Å². The van der Waals surface area contributed by atoms with Crippen LogP contribution < -0.4 is 0 Å². The van der Waals surface area contributed by atoms with Gasteiger partial charge in [-0.05, 0) is 0 Å². The molecule has 0 fully saturated rings. The quantitative estimate of drug-likeness (QED) is 0.479. The summed E-state index contributed by atoms with van der Waals surface area (Å²) >= 11 is 0. The topological polar surface area (TPSA) is 0 Å². The summed E-state index contributed by atoms with van der Waals surface area (Å²) in [6, 6.07) is 0. The Kier molecular flexibility index (Phi) is 4.29. The zero-order valence-corrected chi connectivity index (χ0v) is 6.49. The van der Waals surface area contributed by atoms with Gasteiger partial charge in [-0.1, -0.05) is 12.7 Å². The van der Waals surface area contributed by atoms with Crippen LogP contribution in [0.1, 0.15) is 0 Å². The van der Waals surface area contributed by atoms with E-state index in [2.05, 4.69) is 6.58 Å². The van der Waals surface area contributed by atoms with E-state index < -0.39 is 31.1 Å². The lowest BCUT2D eigenvalue weighted by Crippen LogP contribution is -2.44. The van der Waals surface area contributed by atoms with E-state index in [9.17, 15) is 26.3 Å². The van der Waals surface area contributed by atoms with Gasteiger partial charge < -0.3 is 0 Å². The van der Waals surface area contributed by atoms with Gasteiger partial charge in [-0.2, -0.15) is 8.78 Å². The van der Waals surface area contributed by atoms with E-state index in [4.69, 9.17) is 0 Å². The van der Waals surface area contributed by atoms with Crippen molar-refractivity contribution in [1.29, 1.82) is 0 Å². The summed E-state index contributed by atoms with van der Waals surface area (Å²) in [4.78, 5) is 0. The van der Waals surface area contributed by atoms with Crippen molar-refractivity contribution in [2.75, 3.05) is 6.67 Å². The zero-order chi connectivity index (χ0) is 10.6. The summed E-state index contributed by atoms with van der Waals surface area (Å²) in [5.74, 6) is -4.58. The third-order valence-electron chi connectivity index (χ3n) is 1.41. The van der Waals surface area contributed by atoms with E-state index in [1.165, 1.54) is 0 Å². The maximum Gasteiger partial charge on any atom is 0.315 e. The molecule has 3 atom stereocenters.